The maximum atomic E-state index is 10.1. The Morgan fingerprint density at radius 2 is 2.13 bits per heavy atom. The van der Waals surface area contributed by atoms with Gasteiger partial charge in [0.05, 0.1) is 11.7 Å². The van der Waals surface area contributed by atoms with E-state index < -0.39 is 0 Å². The zero-order valence-electron chi connectivity index (χ0n) is 16.3. The van der Waals surface area contributed by atoms with E-state index in [9.17, 15) is 5.11 Å². The molecule has 9 nitrogen and oxygen atoms in total. The summed E-state index contributed by atoms with van der Waals surface area (Å²) in [5.74, 6) is 1.20. The van der Waals surface area contributed by atoms with E-state index in [1.807, 2.05) is 16.9 Å². The molecule has 0 amide bonds. The van der Waals surface area contributed by atoms with Gasteiger partial charge in [-0.05, 0) is 49.4 Å². The second-order valence-electron chi connectivity index (χ2n) is 7.32. The van der Waals surface area contributed by atoms with Crippen LogP contribution in [0.25, 0.3) is 28.2 Å². The van der Waals surface area contributed by atoms with Crippen LogP contribution in [-0.4, -0.2) is 53.0 Å². The van der Waals surface area contributed by atoms with Crippen molar-refractivity contribution >= 4 is 10.9 Å². The molecular formula is C21H22N6O3. The average Bonchev–Trinajstić information content (AvgIpc) is 3.39. The fourth-order valence-electron chi connectivity index (χ4n) is 3.76. The van der Waals surface area contributed by atoms with Gasteiger partial charge in [0, 0.05) is 37.1 Å². The van der Waals surface area contributed by atoms with Gasteiger partial charge in [0.15, 0.2) is 17.9 Å². The summed E-state index contributed by atoms with van der Waals surface area (Å²) >= 11 is 0. The summed E-state index contributed by atoms with van der Waals surface area (Å²) in [5, 5.41) is 29.1. The van der Waals surface area contributed by atoms with Gasteiger partial charge in [-0.3, -0.25) is 0 Å². The van der Waals surface area contributed by atoms with Crippen LogP contribution in [-0.2, 0) is 11.2 Å². The quantitative estimate of drug-likeness (QED) is 0.524. The first kappa shape index (κ1) is 18.7. The Labute approximate surface area is 172 Å². The van der Waals surface area contributed by atoms with Crippen molar-refractivity contribution in [3.63, 3.8) is 0 Å². The summed E-state index contributed by atoms with van der Waals surface area (Å²) < 4.78 is 9.45. The molecule has 1 aliphatic rings. The lowest BCUT2D eigenvalue weighted by molar-refractivity contribution is -0.0365. The normalized spacial score (nSPS) is 16.9. The van der Waals surface area contributed by atoms with E-state index in [0.29, 0.717) is 30.4 Å². The van der Waals surface area contributed by atoms with Crippen LogP contribution in [0.15, 0.2) is 42.9 Å². The molecule has 1 fully saturated rings. The molecule has 30 heavy (non-hydrogen) atoms. The number of phenolic OH excluding ortho intramolecular Hbond substituents is 1. The summed E-state index contributed by atoms with van der Waals surface area (Å²) in [4.78, 5) is 9.08. The molecule has 2 N–H and O–H groups in total. The first-order valence-electron chi connectivity index (χ1n) is 10.0. The molecule has 0 saturated carbocycles. The zero-order chi connectivity index (χ0) is 20.5. The number of aromatic hydroxyl groups is 1. The van der Waals surface area contributed by atoms with Crippen LogP contribution in [0, 0.1) is 0 Å². The smallest absolute Gasteiger partial charge is 0.182 e. The van der Waals surface area contributed by atoms with Crippen LogP contribution in [0.4, 0.5) is 0 Å². The van der Waals surface area contributed by atoms with Crippen molar-refractivity contribution in [2.75, 3.05) is 13.2 Å². The number of aromatic nitrogens is 6. The van der Waals surface area contributed by atoms with E-state index in [1.165, 1.54) is 0 Å². The predicted octanol–water partition coefficient (Wildman–Crippen LogP) is 2.62. The number of hydrogen-bond acceptors (Lipinski definition) is 7. The summed E-state index contributed by atoms with van der Waals surface area (Å²) in [5.41, 5.74) is 2.37. The Hall–Kier alpha value is -3.30. The van der Waals surface area contributed by atoms with Crippen molar-refractivity contribution in [3.05, 3.63) is 48.4 Å². The first-order chi connectivity index (χ1) is 14.7. The minimum atomic E-state index is -0.144. The van der Waals surface area contributed by atoms with E-state index in [1.54, 1.807) is 35.3 Å². The van der Waals surface area contributed by atoms with Gasteiger partial charge in [0.2, 0.25) is 0 Å². The molecule has 154 valence electrons. The van der Waals surface area contributed by atoms with Crippen molar-refractivity contribution in [1.82, 2.24) is 29.5 Å². The Bertz CT molecular complexity index is 1180. The Balaban J connectivity index is 1.59. The van der Waals surface area contributed by atoms with Crippen LogP contribution in [0.2, 0.25) is 0 Å². The van der Waals surface area contributed by atoms with E-state index >= 15 is 0 Å². The number of hydrogen-bond donors (Lipinski definition) is 2. The van der Waals surface area contributed by atoms with Gasteiger partial charge in [0.1, 0.15) is 11.4 Å². The monoisotopic (exact) mass is 406 g/mol. The number of aliphatic hydroxyl groups is 1. The number of nitrogens with zero attached hydrogens (tertiary/aromatic N) is 6. The van der Waals surface area contributed by atoms with Crippen LogP contribution in [0.5, 0.6) is 5.75 Å². The first-order valence-corrected chi connectivity index (χ1v) is 10.0. The molecule has 0 radical (unpaired) electrons. The molecule has 1 unspecified atom stereocenters. The van der Waals surface area contributed by atoms with E-state index in [2.05, 4.69) is 15.1 Å². The third kappa shape index (κ3) is 3.42. The van der Waals surface area contributed by atoms with Gasteiger partial charge in [-0.1, -0.05) is 0 Å². The number of fused-ring (bicyclic) bond motifs is 1. The molecule has 0 bridgehead atoms. The summed E-state index contributed by atoms with van der Waals surface area (Å²) in [6, 6.07) is 6.94. The van der Waals surface area contributed by atoms with Gasteiger partial charge < -0.3 is 14.9 Å². The molecule has 1 atom stereocenters. The van der Waals surface area contributed by atoms with Crippen LogP contribution >= 0.6 is 0 Å². The highest BCUT2D eigenvalue weighted by Crippen LogP contribution is 2.33. The molecule has 4 aromatic rings. The summed E-state index contributed by atoms with van der Waals surface area (Å²) in [6.45, 7) is 0.776. The number of ether oxygens (including phenoxy) is 1. The molecular weight excluding hydrogens is 384 g/mol. The molecule has 4 heterocycles. The number of phenols is 1. The molecule has 1 aliphatic heterocycles. The fraction of sp³-hybridized carbons (Fsp3) is 0.333. The summed E-state index contributed by atoms with van der Waals surface area (Å²) in [6.07, 6.45) is 8.62. The van der Waals surface area contributed by atoms with Gasteiger partial charge in [-0.25, -0.2) is 19.3 Å². The highest BCUT2D eigenvalue weighted by molar-refractivity contribution is 5.92. The topological polar surface area (TPSA) is 111 Å². The minimum absolute atomic E-state index is 0.0663. The highest BCUT2D eigenvalue weighted by atomic mass is 16.5. The van der Waals surface area contributed by atoms with Crippen molar-refractivity contribution < 1.29 is 14.9 Å². The standard InChI is InChI=1S/C21H22N6O3/c28-9-7-14-12-23-26(13-14)18-6-8-22-21(24-18)20-16-11-15(29)4-5-17(16)27(25-20)19-3-1-2-10-30-19/h4-6,8,11-13,19,28-29H,1-3,7,9-10H2. The third-order valence-electron chi connectivity index (χ3n) is 5.24. The summed E-state index contributed by atoms with van der Waals surface area (Å²) in [7, 11) is 0. The fourth-order valence-corrected chi connectivity index (χ4v) is 3.76. The van der Waals surface area contributed by atoms with E-state index in [0.717, 1.165) is 35.7 Å². The third-order valence-corrected chi connectivity index (χ3v) is 5.24. The van der Waals surface area contributed by atoms with Crippen molar-refractivity contribution in [3.8, 4) is 23.1 Å². The lowest BCUT2D eigenvalue weighted by Gasteiger charge is -2.23. The molecule has 9 heteroatoms. The Kier molecular flexibility index (Phi) is 4.89. The molecule has 1 saturated heterocycles. The van der Waals surface area contributed by atoms with Crippen molar-refractivity contribution in [2.24, 2.45) is 0 Å². The van der Waals surface area contributed by atoms with Crippen LogP contribution in [0.3, 0.4) is 0 Å². The highest BCUT2D eigenvalue weighted by Gasteiger charge is 2.23. The Morgan fingerprint density at radius 3 is 2.97 bits per heavy atom. The number of aliphatic hydroxyl groups excluding tert-OH is 1. The minimum Gasteiger partial charge on any atom is -0.508 e. The van der Waals surface area contributed by atoms with Gasteiger partial charge in [-0.2, -0.15) is 10.2 Å². The van der Waals surface area contributed by atoms with Gasteiger partial charge >= 0.3 is 0 Å². The zero-order valence-corrected chi connectivity index (χ0v) is 16.3. The lowest BCUT2D eigenvalue weighted by atomic mass is 10.1. The largest absolute Gasteiger partial charge is 0.508 e. The molecule has 0 spiro atoms. The lowest BCUT2D eigenvalue weighted by Crippen LogP contribution is -2.19. The molecule has 1 aromatic carbocycles. The average molecular weight is 406 g/mol. The van der Waals surface area contributed by atoms with Crippen LogP contribution < -0.4 is 0 Å². The SMILES string of the molecule is OCCc1cnn(-c2ccnc(-c3nn(C4CCCCO4)c4ccc(O)cc34)n2)c1. The van der Waals surface area contributed by atoms with Gasteiger partial charge in [0.25, 0.3) is 0 Å². The maximum Gasteiger partial charge on any atom is 0.182 e. The second kappa shape index (κ2) is 7.85. The number of rotatable bonds is 5. The van der Waals surface area contributed by atoms with Crippen molar-refractivity contribution in [1.29, 1.82) is 0 Å². The van der Waals surface area contributed by atoms with Crippen LogP contribution in [0.1, 0.15) is 31.1 Å². The van der Waals surface area contributed by atoms with Gasteiger partial charge in [-0.15, -0.1) is 0 Å². The molecule has 5 rings (SSSR count). The predicted molar refractivity (Wildman–Crippen MR) is 109 cm³/mol. The maximum absolute atomic E-state index is 10.1. The molecule has 0 aliphatic carbocycles. The van der Waals surface area contributed by atoms with E-state index in [4.69, 9.17) is 14.9 Å². The van der Waals surface area contributed by atoms with E-state index in [-0.39, 0.29) is 18.6 Å². The number of benzene rings is 1. The molecule has 3 aromatic heterocycles. The van der Waals surface area contributed by atoms with Crippen molar-refractivity contribution in [2.45, 2.75) is 31.9 Å². The Morgan fingerprint density at radius 1 is 1.20 bits per heavy atom. The second-order valence-corrected chi connectivity index (χ2v) is 7.32.